The monoisotopic (exact) mass is 438 g/mol. The summed E-state index contributed by atoms with van der Waals surface area (Å²) in [5, 5.41) is 1.34. The van der Waals surface area contributed by atoms with Crippen molar-refractivity contribution >= 4 is 45.3 Å². The topological polar surface area (TPSA) is 44.1 Å². The molecular formula is C17H15IN2O2S. The molecule has 4 nitrogen and oxygen atoms in total. The van der Waals surface area contributed by atoms with Crippen LogP contribution in [0.3, 0.4) is 0 Å². The van der Waals surface area contributed by atoms with Gasteiger partial charge < -0.3 is 4.74 Å². The van der Waals surface area contributed by atoms with Crippen LogP contribution >= 0.6 is 34.4 Å². The second-order valence-corrected chi connectivity index (χ2v) is 7.30. The fourth-order valence-corrected chi connectivity index (χ4v) is 3.55. The van der Waals surface area contributed by atoms with Crippen molar-refractivity contribution < 1.29 is 4.74 Å². The van der Waals surface area contributed by atoms with Gasteiger partial charge >= 0.3 is 0 Å². The van der Waals surface area contributed by atoms with Gasteiger partial charge in [0.05, 0.1) is 23.7 Å². The van der Waals surface area contributed by atoms with Crippen molar-refractivity contribution in [3.63, 3.8) is 0 Å². The number of thioether (sulfide) groups is 1. The number of hydrogen-bond donors (Lipinski definition) is 0. The molecule has 0 aliphatic rings. The Bertz CT molecular complexity index is 907. The quantitative estimate of drug-likeness (QED) is 0.350. The number of rotatable bonds is 4. The van der Waals surface area contributed by atoms with E-state index in [0.29, 0.717) is 10.5 Å². The van der Waals surface area contributed by atoms with Gasteiger partial charge in [-0.2, -0.15) is 0 Å². The Balaban J connectivity index is 2.29. The Morgan fingerprint density at radius 2 is 1.96 bits per heavy atom. The van der Waals surface area contributed by atoms with Gasteiger partial charge in [-0.25, -0.2) is 4.98 Å². The lowest BCUT2D eigenvalue weighted by Crippen LogP contribution is -2.21. The van der Waals surface area contributed by atoms with Gasteiger partial charge in [0.25, 0.3) is 5.56 Å². The summed E-state index contributed by atoms with van der Waals surface area (Å²) in [4.78, 5) is 17.7. The smallest absolute Gasteiger partial charge is 0.266 e. The zero-order valence-corrected chi connectivity index (χ0v) is 15.7. The van der Waals surface area contributed by atoms with Crippen molar-refractivity contribution in [1.82, 2.24) is 9.55 Å². The van der Waals surface area contributed by atoms with Crippen molar-refractivity contribution in [3.05, 3.63) is 56.4 Å². The van der Waals surface area contributed by atoms with Crippen LogP contribution in [0.25, 0.3) is 16.6 Å². The average Bonchev–Trinajstić information content (AvgIpc) is 2.56. The standard InChI is InChI=1S/C17H15IN2O2S/c1-3-23-17-19-15-9-4-11(18)10-14(15)16(21)20(17)12-5-7-13(22-2)8-6-12/h4-10H,3H2,1-2H3. The average molecular weight is 438 g/mol. The van der Waals surface area contributed by atoms with E-state index >= 15 is 0 Å². The van der Waals surface area contributed by atoms with E-state index in [0.717, 1.165) is 26.3 Å². The zero-order chi connectivity index (χ0) is 16.4. The summed E-state index contributed by atoms with van der Waals surface area (Å²) in [7, 11) is 1.62. The third-order valence-corrected chi connectivity index (χ3v) is 4.90. The van der Waals surface area contributed by atoms with Crippen LogP contribution in [0.15, 0.2) is 52.4 Å². The summed E-state index contributed by atoms with van der Waals surface area (Å²) in [5.41, 5.74) is 1.48. The minimum atomic E-state index is -0.0466. The maximum Gasteiger partial charge on any atom is 0.266 e. The Kier molecular flexibility index (Phi) is 4.91. The van der Waals surface area contributed by atoms with Crippen LogP contribution in [0, 0.1) is 3.57 Å². The van der Waals surface area contributed by atoms with Gasteiger partial charge in [-0.1, -0.05) is 18.7 Å². The predicted octanol–water partition coefficient (Wildman–Crippen LogP) is 4.11. The van der Waals surface area contributed by atoms with Crippen LogP contribution in [0.1, 0.15) is 6.92 Å². The van der Waals surface area contributed by atoms with E-state index in [1.54, 1.807) is 23.4 Å². The first-order chi connectivity index (χ1) is 11.1. The first-order valence-electron chi connectivity index (χ1n) is 7.13. The number of halogens is 1. The van der Waals surface area contributed by atoms with Crippen molar-refractivity contribution in [2.75, 3.05) is 12.9 Å². The third-order valence-electron chi connectivity index (χ3n) is 3.40. The lowest BCUT2D eigenvalue weighted by atomic mass is 10.2. The minimum Gasteiger partial charge on any atom is -0.497 e. The molecule has 0 spiro atoms. The fraction of sp³-hybridized carbons (Fsp3) is 0.176. The van der Waals surface area contributed by atoms with Gasteiger partial charge in [0.15, 0.2) is 5.16 Å². The van der Waals surface area contributed by atoms with Gasteiger partial charge in [-0.05, 0) is 70.8 Å². The number of hydrogen-bond acceptors (Lipinski definition) is 4. The Morgan fingerprint density at radius 3 is 2.61 bits per heavy atom. The summed E-state index contributed by atoms with van der Waals surface area (Å²) in [6.45, 7) is 2.05. The first kappa shape index (κ1) is 16.3. The molecule has 1 aromatic heterocycles. The van der Waals surface area contributed by atoms with Crippen molar-refractivity contribution in [2.45, 2.75) is 12.1 Å². The molecule has 0 saturated heterocycles. The van der Waals surface area contributed by atoms with E-state index in [1.807, 2.05) is 49.4 Å². The zero-order valence-electron chi connectivity index (χ0n) is 12.7. The third kappa shape index (κ3) is 3.23. The second kappa shape index (κ2) is 6.92. The largest absolute Gasteiger partial charge is 0.497 e. The molecule has 23 heavy (non-hydrogen) atoms. The van der Waals surface area contributed by atoms with Crippen molar-refractivity contribution in [1.29, 1.82) is 0 Å². The van der Waals surface area contributed by atoms with Crippen molar-refractivity contribution in [2.24, 2.45) is 0 Å². The second-order valence-electron chi connectivity index (χ2n) is 4.83. The molecule has 3 aromatic rings. The summed E-state index contributed by atoms with van der Waals surface area (Å²) >= 11 is 3.77. The highest BCUT2D eigenvalue weighted by atomic mass is 127. The summed E-state index contributed by atoms with van der Waals surface area (Å²) < 4.78 is 7.88. The molecule has 3 rings (SSSR count). The maximum atomic E-state index is 13.0. The number of nitrogens with zero attached hydrogens (tertiary/aromatic N) is 2. The Morgan fingerprint density at radius 1 is 1.22 bits per heavy atom. The Labute approximate surface area is 152 Å². The highest BCUT2D eigenvalue weighted by molar-refractivity contribution is 14.1. The summed E-state index contributed by atoms with van der Waals surface area (Å²) in [6, 6.07) is 13.2. The van der Waals surface area contributed by atoms with Gasteiger partial charge in [-0.15, -0.1) is 0 Å². The molecule has 0 unspecified atom stereocenters. The molecule has 6 heteroatoms. The molecule has 0 fully saturated rings. The number of aromatic nitrogens is 2. The molecular weight excluding hydrogens is 423 g/mol. The van der Waals surface area contributed by atoms with Crippen LogP contribution in [0.5, 0.6) is 5.75 Å². The van der Waals surface area contributed by atoms with Gasteiger partial charge in [0, 0.05) is 3.57 Å². The van der Waals surface area contributed by atoms with Gasteiger partial charge in [0.1, 0.15) is 5.75 Å². The number of benzene rings is 2. The summed E-state index contributed by atoms with van der Waals surface area (Å²) in [6.07, 6.45) is 0. The number of fused-ring (bicyclic) bond motifs is 1. The SMILES string of the molecule is CCSc1nc2ccc(I)cc2c(=O)n1-c1ccc(OC)cc1. The minimum absolute atomic E-state index is 0.0466. The molecule has 0 N–H and O–H groups in total. The molecule has 0 aliphatic heterocycles. The Hall–Kier alpha value is -1.54. The molecule has 0 bridgehead atoms. The normalized spacial score (nSPS) is 10.9. The molecule has 0 aliphatic carbocycles. The van der Waals surface area contributed by atoms with Gasteiger partial charge in [0.2, 0.25) is 0 Å². The van der Waals surface area contributed by atoms with E-state index < -0.39 is 0 Å². The van der Waals surface area contributed by atoms with Crippen LogP contribution in [-0.2, 0) is 0 Å². The van der Waals surface area contributed by atoms with E-state index in [9.17, 15) is 4.79 Å². The first-order valence-corrected chi connectivity index (χ1v) is 9.20. The molecule has 118 valence electrons. The molecule has 0 saturated carbocycles. The molecule has 1 heterocycles. The fourth-order valence-electron chi connectivity index (χ4n) is 2.32. The highest BCUT2D eigenvalue weighted by Crippen LogP contribution is 2.23. The summed E-state index contributed by atoms with van der Waals surface area (Å²) in [5.74, 6) is 1.60. The van der Waals surface area contributed by atoms with Crippen LogP contribution in [0.2, 0.25) is 0 Å². The van der Waals surface area contributed by atoms with Crippen LogP contribution in [0.4, 0.5) is 0 Å². The maximum absolute atomic E-state index is 13.0. The highest BCUT2D eigenvalue weighted by Gasteiger charge is 2.13. The van der Waals surface area contributed by atoms with Crippen LogP contribution in [-0.4, -0.2) is 22.4 Å². The molecule has 0 radical (unpaired) electrons. The molecule has 2 aromatic carbocycles. The van der Waals surface area contributed by atoms with Gasteiger partial charge in [-0.3, -0.25) is 9.36 Å². The number of methoxy groups -OCH3 is 1. The lowest BCUT2D eigenvalue weighted by molar-refractivity contribution is 0.414. The molecule has 0 amide bonds. The van der Waals surface area contributed by atoms with E-state index in [1.165, 1.54) is 0 Å². The van der Waals surface area contributed by atoms with Crippen molar-refractivity contribution in [3.8, 4) is 11.4 Å². The van der Waals surface area contributed by atoms with E-state index in [4.69, 9.17) is 4.74 Å². The number of ether oxygens (including phenoxy) is 1. The van der Waals surface area contributed by atoms with E-state index in [2.05, 4.69) is 27.6 Å². The van der Waals surface area contributed by atoms with Crippen LogP contribution < -0.4 is 10.3 Å². The lowest BCUT2D eigenvalue weighted by Gasteiger charge is -2.13. The predicted molar refractivity (Wildman–Crippen MR) is 103 cm³/mol. The van der Waals surface area contributed by atoms with E-state index in [-0.39, 0.29) is 5.56 Å². The molecule has 0 atom stereocenters.